The van der Waals surface area contributed by atoms with Gasteiger partial charge in [-0.15, -0.1) is 24.0 Å². The molecule has 1 atom stereocenters. The standard InChI is InChI=1S/C15H26N4S.HI/c1-3-6-19-7-4-13(11-19)9-17-15(16-2)18-10-14-5-8-20-12-14;/h5,8,12-13H,3-4,6-7,9-11H2,1-2H3,(H2,16,17,18);1H. The molecule has 0 spiro atoms. The molecular formula is C15H27IN4S. The molecule has 0 saturated carbocycles. The van der Waals surface area contributed by atoms with E-state index in [1.54, 1.807) is 11.3 Å². The number of likely N-dealkylation sites (tertiary alicyclic amines) is 1. The van der Waals surface area contributed by atoms with E-state index >= 15 is 0 Å². The van der Waals surface area contributed by atoms with Crippen LogP contribution in [0.25, 0.3) is 0 Å². The summed E-state index contributed by atoms with van der Waals surface area (Å²) in [5.74, 6) is 1.66. The van der Waals surface area contributed by atoms with Crippen molar-refractivity contribution in [1.29, 1.82) is 0 Å². The van der Waals surface area contributed by atoms with Gasteiger partial charge >= 0.3 is 0 Å². The van der Waals surface area contributed by atoms with Crippen molar-refractivity contribution < 1.29 is 0 Å². The molecule has 1 aromatic rings. The topological polar surface area (TPSA) is 39.7 Å². The highest BCUT2D eigenvalue weighted by Gasteiger charge is 2.21. The van der Waals surface area contributed by atoms with Gasteiger partial charge in [-0.05, 0) is 54.2 Å². The van der Waals surface area contributed by atoms with Crippen LogP contribution in [0.2, 0.25) is 0 Å². The summed E-state index contributed by atoms with van der Waals surface area (Å²) in [6, 6.07) is 2.14. The summed E-state index contributed by atoms with van der Waals surface area (Å²) < 4.78 is 0. The molecule has 1 saturated heterocycles. The highest BCUT2D eigenvalue weighted by molar-refractivity contribution is 14.0. The molecular weight excluding hydrogens is 395 g/mol. The lowest BCUT2D eigenvalue weighted by molar-refractivity contribution is 0.324. The lowest BCUT2D eigenvalue weighted by Gasteiger charge is -2.16. The Morgan fingerprint density at radius 3 is 3.00 bits per heavy atom. The Labute approximate surface area is 149 Å². The van der Waals surface area contributed by atoms with E-state index in [-0.39, 0.29) is 24.0 Å². The van der Waals surface area contributed by atoms with Gasteiger partial charge < -0.3 is 15.5 Å². The normalized spacial score (nSPS) is 19.3. The molecule has 0 amide bonds. The van der Waals surface area contributed by atoms with Crippen LogP contribution in [0.1, 0.15) is 25.3 Å². The fraction of sp³-hybridized carbons (Fsp3) is 0.667. The largest absolute Gasteiger partial charge is 0.356 e. The molecule has 1 aromatic heterocycles. The van der Waals surface area contributed by atoms with Crippen LogP contribution in [0.5, 0.6) is 0 Å². The summed E-state index contributed by atoms with van der Waals surface area (Å²) in [7, 11) is 1.83. The van der Waals surface area contributed by atoms with E-state index in [0.29, 0.717) is 0 Å². The zero-order valence-corrected chi connectivity index (χ0v) is 16.1. The number of nitrogens with one attached hydrogen (secondary N) is 2. The zero-order valence-electron chi connectivity index (χ0n) is 13.0. The molecule has 1 unspecified atom stereocenters. The van der Waals surface area contributed by atoms with Gasteiger partial charge in [0, 0.05) is 26.7 Å². The maximum absolute atomic E-state index is 4.29. The summed E-state index contributed by atoms with van der Waals surface area (Å²) in [4.78, 5) is 6.85. The average Bonchev–Trinajstić information content (AvgIpc) is 3.11. The molecule has 0 aromatic carbocycles. The van der Waals surface area contributed by atoms with E-state index in [2.05, 4.69) is 44.3 Å². The van der Waals surface area contributed by atoms with Gasteiger partial charge in [-0.1, -0.05) is 6.92 Å². The van der Waals surface area contributed by atoms with Crippen LogP contribution in [0.3, 0.4) is 0 Å². The molecule has 0 aliphatic carbocycles. The fourth-order valence-corrected chi connectivity index (χ4v) is 3.31. The number of aliphatic imine (C=N–C) groups is 1. The highest BCUT2D eigenvalue weighted by atomic mass is 127. The minimum absolute atomic E-state index is 0. The molecule has 21 heavy (non-hydrogen) atoms. The third-order valence-corrected chi connectivity index (χ3v) is 4.46. The van der Waals surface area contributed by atoms with E-state index in [1.807, 2.05) is 7.05 Å². The van der Waals surface area contributed by atoms with Crippen molar-refractivity contribution in [3.8, 4) is 0 Å². The summed E-state index contributed by atoms with van der Waals surface area (Å²) in [5.41, 5.74) is 1.31. The van der Waals surface area contributed by atoms with E-state index in [1.165, 1.54) is 38.0 Å². The van der Waals surface area contributed by atoms with Gasteiger partial charge in [-0.2, -0.15) is 11.3 Å². The predicted molar refractivity (Wildman–Crippen MR) is 103 cm³/mol. The van der Waals surface area contributed by atoms with Crippen molar-refractivity contribution in [2.45, 2.75) is 26.3 Å². The second-order valence-corrected chi connectivity index (χ2v) is 6.17. The summed E-state index contributed by atoms with van der Waals surface area (Å²) in [6.45, 7) is 7.83. The SMILES string of the molecule is CCCN1CCC(CNC(=NC)NCc2ccsc2)C1.I. The molecule has 4 nitrogen and oxygen atoms in total. The Hall–Kier alpha value is -0.340. The smallest absolute Gasteiger partial charge is 0.191 e. The van der Waals surface area contributed by atoms with E-state index in [4.69, 9.17) is 0 Å². The van der Waals surface area contributed by atoms with Crippen LogP contribution in [0.4, 0.5) is 0 Å². The fourth-order valence-electron chi connectivity index (χ4n) is 2.64. The first-order chi connectivity index (χ1) is 9.81. The summed E-state index contributed by atoms with van der Waals surface area (Å²) in [5, 5.41) is 11.1. The Kier molecular flexibility index (Phi) is 9.26. The van der Waals surface area contributed by atoms with E-state index in [0.717, 1.165) is 25.0 Å². The predicted octanol–water partition coefficient (Wildman–Crippen LogP) is 2.76. The number of hydrogen-bond donors (Lipinski definition) is 2. The summed E-state index contributed by atoms with van der Waals surface area (Å²) in [6.07, 6.45) is 2.55. The van der Waals surface area contributed by atoms with Crippen LogP contribution < -0.4 is 10.6 Å². The Balaban J connectivity index is 0.00000220. The molecule has 2 heterocycles. The molecule has 0 bridgehead atoms. The Morgan fingerprint density at radius 1 is 1.48 bits per heavy atom. The first-order valence-corrected chi connectivity index (χ1v) is 8.44. The third-order valence-electron chi connectivity index (χ3n) is 3.73. The van der Waals surface area contributed by atoms with Gasteiger partial charge in [0.15, 0.2) is 5.96 Å². The van der Waals surface area contributed by atoms with Crippen LogP contribution in [0.15, 0.2) is 21.8 Å². The van der Waals surface area contributed by atoms with Crippen LogP contribution >= 0.6 is 35.3 Å². The Morgan fingerprint density at radius 2 is 2.33 bits per heavy atom. The molecule has 1 fully saturated rings. The van der Waals surface area contributed by atoms with Crippen LogP contribution in [0, 0.1) is 5.92 Å². The molecule has 1 aliphatic heterocycles. The number of thiophene rings is 1. The van der Waals surface area contributed by atoms with Gasteiger partial charge in [-0.25, -0.2) is 0 Å². The monoisotopic (exact) mass is 422 g/mol. The first kappa shape index (κ1) is 18.7. The number of hydrogen-bond acceptors (Lipinski definition) is 3. The quantitative estimate of drug-likeness (QED) is 0.421. The second kappa shape index (κ2) is 10.4. The molecule has 6 heteroatoms. The molecule has 120 valence electrons. The van der Waals surface area contributed by atoms with Gasteiger partial charge in [-0.3, -0.25) is 4.99 Å². The number of halogens is 1. The minimum atomic E-state index is 0. The maximum Gasteiger partial charge on any atom is 0.191 e. The van der Waals surface area contributed by atoms with Gasteiger partial charge in [0.1, 0.15) is 0 Å². The zero-order chi connectivity index (χ0) is 14.2. The van der Waals surface area contributed by atoms with Gasteiger partial charge in [0.2, 0.25) is 0 Å². The maximum atomic E-state index is 4.29. The lowest BCUT2D eigenvalue weighted by atomic mass is 10.1. The number of rotatable bonds is 6. The molecule has 0 radical (unpaired) electrons. The van der Waals surface area contributed by atoms with Crippen LogP contribution in [-0.4, -0.2) is 44.1 Å². The minimum Gasteiger partial charge on any atom is -0.356 e. The van der Waals surface area contributed by atoms with Crippen molar-refractivity contribution in [3.05, 3.63) is 22.4 Å². The van der Waals surface area contributed by atoms with E-state index in [9.17, 15) is 0 Å². The third kappa shape index (κ3) is 6.52. The first-order valence-electron chi connectivity index (χ1n) is 7.49. The van der Waals surface area contributed by atoms with Crippen molar-refractivity contribution >= 4 is 41.3 Å². The van der Waals surface area contributed by atoms with Crippen molar-refractivity contribution in [2.24, 2.45) is 10.9 Å². The lowest BCUT2D eigenvalue weighted by Crippen LogP contribution is -2.39. The molecule has 1 aliphatic rings. The molecule has 2 N–H and O–H groups in total. The second-order valence-electron chi connectivity index (χ2n) is 5.39. The number of guanidine groups is 1. The van der Waals surface area contributed by atoms with E-state index < -0.39 is 0 Å². The highest BCUT2D eigenvalue weighted by Crippen LogP contribution is 2.15. The summed E-state index contributed by atoms with van der Waals surface area (Å²) >= 11 is 1.73. The van der Waals surface area contributed by atoms with Crippen molar-refractivity contribution in [1.82, 2.24) is 15.5 Å². The number of nitrogens with zero attached hydrogens (tertiary/aromatic N) is 2. The van der Waals surface area contributed by atoms with Crippen molar-refractivity contribution in [3.63, 3.8) is 0 Å². The van der Waals surface area contributed by atoms with Gasteiger partial charge in [0.05, 0.1) is 0 Å². The molecule has 2 rings (SSSR count). The average molecular weight is 422 g/mol. The van der Waals surface area contributed by atoms with Crippen LogP contribution in [-0.2, 0) is 6.54 Å². The van der Waals surface area contributed by atoms with Crippen molar-refractivity contribution in [2.75, 3.05) is 33.2 Å². The Bertz CT molecular complexity index is 408. The van der Waals surface area contributed by atoms with Gasteiger partial charge in [0.25, 0.3) is 0 Å².